The van der Waals surface area contributed by atoms with Crippen LogP contribution in [0.1, 0.15) is 29.8 Å². The van der Waals surface area contributed by atoms with Gasteiger partial charge in [0.2, 0.25) is 5.91 Å². The molecular formula is C14H18N2O5. The topological polar surface area (TPSA) is 88.9 Å². The molecule has 1 aliphatic heterocycles. The summed E-state index contributed by atoms with van der Waals surface area (Å²) in [6.45, 7) is 0.606. The predicted molar refractivity (Wildman–Crippen MR) is 72.4 cm³/mol. The van der Waals surface area contributed by atoms with Crippen LogP contribution in [-0.4, -0.2) is 48.9 Å². The highest BCUT2D eigenvalue weighted by molar-refractivity contribution is 6.03. The normalized spacial score (nSPS) is 19.0. The number of amides is 2. The molecule has 21 heavy (non-hydrogen) atoms. The average molecular weight is 294 g/mol. The summed E-state index contributed by atoms with van der Waals surface area (Å²) in [5, 5.41) is 2.24. The van der Waals surface area contributed by atoms with E-state index in [2.05, 4.69) is 5.32 Å². The van der Waals surface area contributed by atoms with Crippen molar-refractivity contribution in [2.24, 2.45) is 0 Å². The van der Waals surface area contributed by atoms with Crippen molar-refractivity contribution >= 4 is 17.8 Å². The number of esters is 1. The second-order valence-electron chi connectivity index (χ2n) is 4.86. The lowest BCUT2D eigenvalue weighted by atomic mass is 10.0. The Hall–Kier alpha value is -2.15. The van der Waals surface area contributed by atoms with E-state index in [0.29, 0.717) is 13.0 Å². The molecule has 1 atom stereocenters. The minimum absolute atomic E-state index is 0.0216. The fraction of sp³-hybridized carbons (Fsp3) is 0.500. The highest BCUT2D eigenvalue weighted by Gasteiger charge is 2.31. The van der Waals surface area contributed by atoms with Gasteiger partial charge in [0.1, 0.15) is 6.04 Å². The standard InChI is InChI=1S/C14H18N2O5/c1-20-14(19)10-5-2-3-7-16(10)9-12(17)15-13(18)11-6-4-8-21-11/h4,6,8,10H,2-3,5,7,9H2,1H3,(H,15,17,18). The van der Waals surface area contributed by atoms with Gasteiger partial charge in [0.25, 0.3) is 5.91 Å². The first-order valence-corrected chi connectivity index (χ1v) is 6.81. The second kappa shape index (κ2) is 7.03. The number of methoxy groups -OCH3 is 1. The number of imide groups is 1. The van der Waals surface area contributed by atoms with Crippen molar-refractivity contribution < 1.29 is 23.5 Å². The lowest BCUT2D eigenvalue weighted by Crippen LogP contribution is -2.50. The van der Waals surface area contributed by atoms with Crippen molar-refractivity contribution in [2.75, 3.05) is 20.2 Å². The van der Waals surface area contributed by atoms with Crippen molar-refractivity contribution in [1.29, 1.82) is 0 Å². The van der Waals surface area contributed by atoms with Gasteiger partial charge in [-0.2, -0.15) is 0 Å². The Bertz CT molecular complexity index is 511. The SMILES string of the molecule is COC(=O)C1CCCCN1CC(=O)NC(=O)c1ccco1. The monoisotopic (exact) mass is 294 g/mol. The van der Waals surface area contributed by atoms with Crippen molar-refractivity contribution in [1.82, 2.24) is 10.2 Å². The molecule has 1 aromatic rings. The Morgan fingerprint density at radius 2 is 2.24 bits per heavy atom. The van der Waals surface area contributed by atoms with Crippen molar-refractivity contribution in [3.05, 3.63) is 24.2 Å². The minimum atomic E-state index is -0.586. The Morgan fingerprint density at radius 1 is 1.43 bits per heavy atom. The second-order valence-corrected chi connectivity index (χ2v) is 4.86. The fourth-order valence-corrected chi connectivity index (χ4v) is 2.40. The number of hydrogen-bond donors (Lipinski definition) is 1. The maximum Gasteiger partial charge on any atom is 0.323 e. The van der Waals surface area contributed by atoms with Crippen molar-refractivity contribution in [2.45, 2.75) is 25.3 Å². The van der Waals surface area contributed by atoms with Gasteiger partial charge in [-0.15, -0.1) is 0 Å². The molecule has 1 N–H and O–H groups in total. The summed E-state index contributed by atoms with van der Waals surface area (Å²) in [6, 6.07) is 2.62. The lowest BCUT2D eigenvalue weighted by molar-refractivity contribution is -0.148. The van der Waals surface area contributed by atoms with E-state index in [1.165, 1.54) is 19.4 Å². The van der Waals surface area contributed by atoms with E-state index in [-0.39, 0.29) is 18.3 Å². The van der Waals surface area contributed by atoms with E-state index >= 15 is 0 Å². The summed E-state index contributed by atoms with van der Waals surface area (Å²) in [7, 11) is 1.33. The molecule has 1 aliphatic rings. The molecule has 0 radical (unpaired) electrons. The Labute approximate surface area is 122 Å². The third-order valence-electron chi connectivity index (χ3n) is 3.43. The van der Waals surface area contributed by atoms with E-state index in [0.717, 1.165) is 12.8 Å². The number of nitrogens with one attached hydrogen (secondary N) is 1. The zero-order chi connectivity index (χ0) is 15.2. The zero-order valence-electron chi connectivity index (χ0n) is 11.8. The van der Waals surface area contributed by atoms with Crippen LogP contribution < -0.4 is 5.32 Å². The molecule has 1 fully saturated rings. The maximum atomic E-state index is 11.9. The minimum Gasteiger partial charge on any atom is -0.468 e. The van der Waals surface area contributed by atoms with E-state index < -0.39 is 17.9 Å². The van der Waals surface area contributed by atoms with Crippen LogP contribution in [0.4, 0.5) is 0 Å². The number of rotatable bonds is 4. The van der Waals surface area contributed by atoms with Crippen LogP contribution >= 0.6 is 0 Å². The van der Waals surface area contributed by atoms with Crippen molar-refractivity contribution in [3.8, 4) is 0 Å². The van der Waals surface area contributed by atoms with Crippen LogP contribution in [0, 0.1) is 0 Å². The zero-order valence-corrected chi connectivity index (χ0v) is 11.8. The molecule has 0 spiro atoms. The molecule has 114 valence electrons. The number of carbonyl (C=O) groups excluding carboxylic acids is 3. The first-order chi connectivity index (χ1) is 10.1. The van der Waals surface area contributed by atoms with Gasteiger partial charge < -0.3 is 9.15 Å². The number of ether oxygens (including phenoxy) is 1. The first kappa shape index (κ1) is 15.2. The van der Waals surface area contributed by atoms with Crippen LogP contribution in [0.25, 0.3) is 0 Å². The molecule has 7 nitrogen and oxygen atoms in total. The van der Waals surface area contributed by atoms with Gasteiger partial charge in [-0.05, 0) is 31.5 Å². The molecule has 7 heteroatoms. The molecule has 2 amide bonds. The Kier molecular flexibility index (Phi) is 5.10. The summed E-state index contributed by atoms with van der Waals surface area (Å²) < 4.78 is 9.66. The molecule has 0 aliphatic carbocycles. The largest absolute Gasteiger partial charge is 0.468 e. The van der Waals surface area contributed by atoms with Gasteiger partial charge in [-0.1, -0.05) is 6.42 Å². The molecule has 2 rings (SSSR count). The van der Waals surface area contributed by atoms with E-state index in [4.69, 9.17) is 9.15 Å². The lowest BCUT2D eigenvalue weighted by Gasteiger charge is -2.32. The Balaban J connectivity index is 1.91. The molecule has 0 aromatic carbocycles. The van der Waals surface area contributed by atoms with Crippen LogP contribution in [0.15, 0.2) is 22.8 Å². The van der Waals surface area contributed by atoms with E-state index in [1.54, 1.807) is 11.0 Å². The third-order valence-corrected chi connectivity index (χ3v) is 3.43. The third kappa shape index (κ3) is 3.91. The molecule has 2 heterocycles. The maximum absolute atomic E-state index is 11.9. The van der Waals surface area contributed by atoms with Crippen LogP contribution in [0.2, 0.25) is 0 Å². The highest BCUT2D eigenvalue weighted by Crippen LogP contribution is 2.17. The van der Waals surface area contributed by atoms with Crippen LogP contribution in [0.3, 0.4) is 0 Å². The van der Waals surface area contributed by atoms with Gasteiger partial charge in [-0.25, -0.2) is 0 Å². The fourth-order valence-electron chi connectivity index (χ4n) is 2.40. The van der Waals surface area contributed by atoms with E-state index in [9.17, 15) is 14.4 Å². The van der Waals surface area contributed by atoms with E-state index in [1.807, 2.05) is 0 Å². The van der Waals surface area contributed by atoms with Crippen molar-refractivity contribution in [3.63, 3.8) is 0 Å². The summed E-state index contributed by atoms with van der Waals surface area (Å²) in [4.78, 5) is 37.0. The van der Waals surface area contributed by atoms with Gasteiger partial charge in [0.05, 0.1) is 19.9 Å². The highest BCUT2D eigenvalue weighted by atomic mass is 16.5. The van der Waals surface area contributed by atoms with Gasteiger partial charge >= 0.3 is 5.97 Å². The summed E-state index contributed by atoms with van der Waals surface area (Å²) in [5.41, 5.74) is 0. The number of furan rings is 1. The summed E-state index contributed by atoms with van der Waals surface area (Å²) in [6.07, 6.45) is 3.85. The number of nitrogens with zero attached hydrogens (tertiary/aromatic N) is 1. The first-order valence-electron chi connectivity index (χ1n) is 6.81. The van der Waals surface area contributed by atoms with Gasteiger partial charge in [0, 0.05) is 0 Å². The smallest absolute Gasteiger partial charge is 0.323 e. The summed E-state index contributed by atoms with van der Waals surface area (Å²) in [5.74, 6) is -1.32. The number of carbonyl (C=O) groups is 3. The predicted octanol–water partition coefficient (Wildman–Crippen LogP) is 0.564. The van der Waals surface area contributed by atoms with Gasteiger partial charge in [0.15, 0.2) is 5.76 Å². The van der Waals surface area contributed by atoms with Crippen LogP contribution in [-0.2, 0) is 14.3 Å². The average Bonchev–Trinajstić information content (AvgIpc) is 3.01. The molecular weight excluding hydrogens is 276 g/mol. The number of piperidine rings is 1. The number of hydrogen-bond acceptors (Lipinski definition) is 6. The molecule has 1 unspecified atom stereocenters. The van der Waals surface area contributed by atoms with Gasteiger partial charge in [-0.3, -0.25) is 24.6 Å². The summed E-state index contributed by atoms with van der Waals surface area (Å²) >= 11 is 0. The molecule has 0 bridgehead atoms. The molecule has 0 saturated carbocycles. The molecule has 1 aromatic heterocycles. The molecule has 1 saturated heterocycles. The number of likely N-dealkylation sites (tertiary alicyclic amines) is 1. The quantitative estimate of drug-likeness (QED) is 0.816. The Morgan fingerprint density at radius 3 is 2.90 bits per heavy atom. The van der Waals surface area contributed by atoms with Crippen LogP contribution in [0.5, 0.6) is 0 Å².